The van der Waals surface area contributed by atoms with Crippen LogP contribution in [0, 0.1) is 50.2 Å². The molecule has 39 atom stereocenters. The normalized spacial score (nSPS) is 55.3. The van der Waals surface area contributed by atoms with Crippen molar-refractivity contribution < 1.29 is 168 Å². The van der Waals surface area contributed by atoms with E-state index in [-0.39, 0.29) is 23.7 Å². The van der Waals surface area contributed by atoms with E-state index in [1.165, 1.54) is 6.92 Å². The molecule has 7 aliphatic heterocycles. The van der Waals surface area contributed by atoms with E-state index < -0.39 is 282 Å². The van der Waals surface area contributed by atoms with Crippen LogP contribution in [0.25, 0.3) is 0 Å². The summed E-state index contributed by atoms with van der Waals surface area (Å²) in [6.45, 7) is 9.32. The maximum absolute atomic E-state index is 15.7. The Hall–Kier alpha value is -2.07. The van der Waals surface area contributed by atoms with Crippen molar-refractivity contribution in [1.29, 1.82) is 0 Å². The summed E-state index contributed by atoms with van der Waals surface area (Å²) in [4.78, 5) is 15.7. The van der Waals surface area contributed by atoms with Crippen molar-refractivity contribution in [3.63, 3.8) is 0 Å². The van der Waals surface area contributed by atoms with Crippen LogP contribution in [0.2, 0.25) is 0 Å². The number of hydrogen-bond donors (Lipinski definition) is 19. The summed E-state index contributed by atoms with van der Waals surface area (Å²) < 4.78 is 83.5. The number of aliphatic hydroxyl groups excluding tert-OH is 18. The van der Waals surface area contributed by atoms with Gasteiger partial charge in [-0.3, -0.25) is 4.79 Å². The van der Waals surface area contributed by atoms with Crippen molar-refractivity contribution in [3.05, 3.63) is 11.6 Å². The predicted octanol–water partition coefficient (Wildman–Crippen LogP) is -6.39. The molecule has 0 unspecified atom stereocenters. The summed E-state index contributed by atoms with van der Waals surface area (Å²) >= 11 is 0. The van der Waals surface area contributed by atoms with Gasteiger partial charge in [-0.25, -0.2) is 0 Å². The lowest BCUT2D eigenvalue weighted by Gasteiger charge is -2.72. The summed E-state index contributed by atoms with van der Waals surface area (Å²) in [5.74, 6) is -1.50. The van der Waals surface area contributed by atoms with Gasteiger partial charge in [0, 0.05) is 5.41 Å². The number of carbonyl (C=O) groups excluding carboxylic acids is 1. The van der Waals surface area contributed by atoms with Gasteiger partial charge in [0.1, 0.15) is 122 Å². The highest BCUT2D eigenvalue weighted by Gasteiger charge is 2.72. The molecule has 0 aromatic carbocycles. The number of fused-ring (bicyclic) bond motifs is 7. The Kier molecular flexibility index (Phi) is 22.8. The van der Waals surface area contributed by atoms with E-state index in [0.29, 0.717) is 51.4 Å². The zero-order valence-corrected chi connectivity index (χ0v) is 57.8. The highest BCUT2D eigenvalue weighted by molar-refractivity contribution is 5.79. The number of allylic oxidation sites excluding steroid dienone is 2. The molecule has 101 heavy (non-hydrogen) atoms. The number of aliphatic hydroxyl groups is 19. The molecule has 4 saturated carbocycles. The van der Waals surface area contributed by atoms with Gasteiger partial charge in [0.15, 0.2) is 43.8 Å². The van der Waals surface area contributed by atoms with Gasteiger partial charge in [-0.05, 0) is 104 Å². The van der Waals surface area contributed by atoms with Crippen LogP contribution in [0.4, 0.5) is 0 Å². The molecule has 0 radical (unpaired) electrons. The lowest BCUT2D eigenvalue weighted by Crippen LogP contribution is -2.70. The molecule has 34 heteroatoms. The van der Waals surface area contributed by atoms with E-state index in [1.807, 2.05) is 6.92 Å². The van der Waals surface area contributed by atoms with Crippen LogP contribution < -0.4 is 0 Å². The second-order valence-electron chi connectivity index (χ2n) is 32.6. The van der Waals surface area contributed by atoms with Crippen molar-refractivity contribution in [2.75, 3.05) is 52.9 Å². The number of esters is 1. The SMILES string of the molecule is C[C@@H]1O[C@@H](O[C@H]2[C@H](OC(=O)[C@]34CCC(C)(C)C[C@H]3C3=CC[C@@H]5[C@@]6(C)C[C@H](O)[C@H](O[C@@H]7O[C@H](CO)[C@@H](O)[C@H](O[C@@H]8OC[C@@H](O)[C@H](O)[C@H]8O)[C@H]7O)[C@@](C)(CO)[C@@H]6CC[C@@]5(C)[C@]3(C)CC4)OC[C@H](O)[C@@H]2O)[C@H](O)[C@H](O[C@@H]2OC[C@](O)(CO)[C@H]2O)[C@H]1O[C@@H]1OC[C@@H](O)[C@H](O[C@@H]2OC[C@@H](O)[C@H](O)[C@H]2O)[C@H]1O. The Morgan fingerprint density at radius 2 is 1.03 bits per heavy atom. The average molecular weight is 1460 g/mol. The monoisotopic (exact) mass is 1460 g/mol. The fourth-order valence-corrected chi connectivity index (χ4v) is 19.7. The molecule has 12 rings (SSSR count). The lowest BCUT2D eigenvalue weighted by atomic mass is 9.33. The van der Waals surface area contributed by atoms with Gasteiger partial charge in [0.05, 0.1) is 76.6 Å². The van der Waals surface area contributed by atoms with Gasteiger partial charge in [-0.15, -0.1) is 0 Å². The summed E-state index contributed by atoms with van der Waals surface area (Å²) in [6, 6.07) is 0. The van der Waals surface area contributed by atoms with Crippen LogP contribution in [0.5, 0.6) is 0 Å². The third-order valence-corrected chi connectivity index (χ3v) is 26.0. The van der Waals surface area contributed by atoms with Crippen LogP contribution >= 0.6 is 0 Å². The highest BCUT2D eigenvalue weighted by Crippen LogP contribution is 2.76. The van der Waals surface area contributed by atoms with Crippen LogP contribution in [0.15, 0.2) is 11.6 Å². The van der Waals surface area contributed by atoms with Crippen molar-refractivity contribution in [2.45, 2.75) is 296 Å². The molecule has 12 aliphatic rings. The molecule has 0 amide bonds. The Balaban J connectivity index is 0.771. The summed E-state index contributed by atoms with van der Waals surface area (Å²) in [5, 5.41) is 210. The molecule has 11 fully saturated rings. The maximum atomic E-state index is 15.7. The molecule has 0 aromatic rings. The minimum Gasteiger partial charge on any atom is -0.432 e. The Morgan fingerprint density at radius 1 is 0.495 bits per heavy atom. The fourth-order valence-electron chi connectivity index (χ4n) is 19.7. The predicted molar refractivity (Wildman–Crippen MR) is 332 cm³/mol. The van der Waals surface area contributed by atoms with E-state index >= 15 is 4.79 Å². The third kappa shape index (κ3) is 13.5. The van der Waals surface area contributed by atoms with Gasteiger partial charge < -0.3 is 163 Å². The highest BCUT2D eigenvalue weighted by atomic mass is 16.8. The first kappa shape index (κ1) is 78.5. The lowest BCUT2D eigenvalue weighted by molar-refractivity contribution is -0.385. The smallest absolute Gasteiger partial charge is 0.315 e. The number of ether oxygens (including phenoxy) is 14. The molecule has 19 N–H and O–H groups in total. The molecular formula is C67H108O34. The quantitative estimate of drug-likeness (QED) is 0.0366. The summed E-state index contributed by atoms with van der Waals surface area (Å²) in [6.07, 6.45) is -43.7. The topological polar surface area (TPSA) is 531 Å². The summed E-state index contributed by atoms with van der Waals surface area (Å²) in [5.41, 5.74) is -5.53. The van der Waals surface area contributed by atoms with Crippen molar-refractivity contribution in [3.8, 4) is 0 Å². The van der Waals surface area contributed by atoms with Crippen LogP contribution in [0.3, 0.4) is 0 Å². The molecule has 7 saturated heterocycles. The van der Waals surface area contributed by atoms with E-state index in [1.54, 1.807) is 0 Å². The van der Waals surface area contributed by atoms with Crippen molar-refractivity contribution in [2.24, 2.45) is 50.2 Å². The zero-order valence-electron chi connectivity index (χ0n) is 57.8. The Morgan fingerprint density at radius 3 is 1.64 bits per heavy atom. The minimum absolute atomic E-state index is 0.119. The van der Waals surface area contributed by atoms with Crippen molar-refractivity contribution in [1.82, 2.24) is 0 Å². The molecule has 0 spiro atoms. The summed E-state index contributed by atoms with van der Waals surface area (Å²) in [7, 11) is 0. The largest absolute Gasteiger partial charge is 0.432 e. The first-order valence-corrected chi connectivity index (χ1v) is 35.5. The van der Waals surface area contributed by atoms with Crippen molar-refractivity contribution >= 4 is 5.97 Å². The molecule has 0 bridgehead atoms. The minimum atomic E-state index is -2.24. The van der Waals surface area contributed by atoms with Gasteiger partial charge in [-0.1, -0.05) is 53.2 Å². The number of carbonyl (C=O) groups is 1. The Bertz CT molecular complexity index is 2880. The molecule has 0 aromatic heterocycles. The second-order valence-corrected chi connectivity index (χ2v) is 32.6. The first-order valence-electron chi connectivity index (χ1n) is 35.5. The molecule has 580 valence electrons. The maximum Gasteiger partial charge on any atom is 0.315 e. The van der Waals surface area contributed by atoms with Gasteiger partial charge in [0.25, 0.3) is 0 Å². The van der Waals surface area contributed by atoms with E-state index in [9.17, 15) is 97.0 Å². The van der Waals surface area contributed by atoms with Crippen LogP contribution in [-0.2, 0) is 71.1 Å². The number of rotatable bonds is 17. The molecule has 34 nitrogen and oxygen atoms in total. The molecular weight excluding hydrogens is 1350 g/mol. The van der Waals surface area contributed by atoms with E-state index in [2.05, 4.69) is 40.7 Å². The first-order chi connectivity index (χ1) is 47.5. The van der Waals surface area contributed by atoms with E-state index in [0.717, 1.165) is 5.57 Å². The Labute approximate surface area is 583 Å². The second kappa shape index (κ2) is 29.4. The molecule has 5 aliphatic carbocycles. The van der Waals surface area contributed by atoms with Gasteiger partial charge in [0.2, 0.25) is 6.29 Å². The number of hydrogen-bond acceptors (Lipinski definition) is 34. The van der Waals surface area contributed by atoms with Gasteiger partial charge in [-0.2, -0.15) is 0 Å². The van der Waals surface area contributed by atoms with Crippen LogP contribution in [0.1, 0.15) is 106 Å². The van der Waals surface area contributed by atoms with E-state index in [4.69, 9.17) is 66.3 Å². The zero-order chi connectivity index (χ0) is 73.3. The molecule has 7 heterocycles. The van der Waals surface area contributed by atoms with Crippen LogP contribution in [-0.4, -0.2) is 346 Å². The van der Waals surface area contributed by atoms with Gasteiger partial charge >= 0.3 is 5.97 Å². The third-order valence-electron chi connectivity index (χ3n) is 26.0. The fraction of sp³-hybridized carbons (Fsp3) is 0.955. The average Bonchev–Trinajstić information content (AvgIpc) is 0.934. The standard InChI is InChI=1S/C67H108O34/c1-26-46(95-55-43(82)47(33(75)22-90-55)96-53-41(80)37(76)30(72)19-88-53)49(98-59-51(85)67(87,24-70)25-92-59)45(84)56(93-26)99-50-39(78)32(74)21-91-58(50)101-60(86)66-14-12-61(2,3)16-28(66)27-8-9-36-62(4)17-29(71)52(63(5,23-69)35(62)10-11-65(36,7)64(27,6)13-15-66)100-57-44(83)48(40(79)34(18-68)94-57)97-54-42(81)38(77)31(73)20-89-54/h8,26,28-59,68-85,87H,9-25H2,1-7H3/t26-,28-,29-,30+,31+,32-,33+,34+,35+,36+,37-,38-,39-,40+,41+,42+,43+,44+,45+,46-,47-,48-,49-,50+,51-,52-,53-,54-,55-,56-,57-,58-,59-,62-,63-,64+,65+,66-,67+/m0/s1.